The molecule has 1 aromatic rings. The van der Waals surface area contributed by atoms with Crippen molar-refractivity contribution >= 4 is 35.3 Å². The Morgan fingerprint density at radius 1 is 1.07 bits per heavy atom. The van der Waals surface area contributed by atoms with E-state index in [0.29, 0.717) is 47.6 Å². The first-order chi connectivity index (χ1) is 21.7. The molecule has 1 aromatic carbocycles. The lowest BCUT2D eigenvalue weighted by atomic mass is 9.92. The highest BCUT2D eigenvalue weighted by Crippen LogP contribution is 2.35. The monoisotopic (exact) mass is 643 g/mol. The van der Waals surface area contributed by atoms with E-state index in [0.717, 1.165) is 32.4 Å². The lowest BCUT2D eigenvalue weighted by molar-refractivity contribution is -0.126. The molecule has 2 aliphatic rings. The Kier molecular flexibility index (Phi) is 13.2. The molecule has 0 spiro atoms. The Labute approximate surface area is 271 Å². The topological polar surface area (TPSA) is 129 Å². The maximum Gasteiger partial charge on any atom is 0.416 e. The van der Waals surface area contributed by atoms with Crippen molar-refractivity contribution in [2.45, 2.75) is 85.8 Å². The quantitative estimate of drug-likeness (QED) is 0.181. The van der Waals surface area contributed by atoms with Gasteiger partial charge in [0, 0.05) is 53.6 Å². The predicted octanol–water partition coefficient (Wildman–Crippen LogP) is 5.44. The minimum atomic E-state index is -0.697. The predicted molar refractivity (Wildman–Crippen MR) is 175 cm³/mol. The van der Waals surface area contributed by atoms with Crippen molar-refractivity contribution in [3.63, 3.8) is 0 Å². The molecule has 0 fully saturated rings. The van der Waals surface area contributed by atoms with Gasteiger partial charge >= 0.3 is 12.2 Å². The number of allylic oxidation sites excluding steroid dienone is 1. The van der Waals surface area contributed by atoms with Gasteiger partial charge in [0.05, 0.1) is 12.6 Å². The van der Waals surface area contributed by atoms with E-state index < -0.39 is 35.6 Å². The van der Waals surface area contributed by atoms with E-state index >= 15 is 0 Å². The number of hydrogen-bond donors (Lipinski definition) is 3. The Balaban J connectivity index is 1.60. The molecule has 2 aliphatic heterocycles. The number of anilines is 1. The zero-order chi connectivity index (χ0) is 34.0. The third-order valence-electron chi connectivity index (χ3n) is 8.09. The number of amides is 4. The number of imide groups is 1. The molecule has 0 aliphatic carbocycles. The molecular formula is C34H50FN5O6. The molecule has 12 heteroatoms. The molecule has 46 heavy (non-hydrogen) atoms. The average molecular weight is 644 g/mol. The highest BCUT2D eigenvalue weighted by atomic mass is 19.1. The number of likely N-dealkylation sites (N-methyl/N-ethyl adjacent to an activating group) is 1. The summed E-state index contributed by atoms with van der Waals surface area (Å²) in [5.74, 6) is -1.60. The van der Waals surface area contributed by atoms with Crippen molar-refractivity contribution in [2.24, 2.45) is 5.92 Å². The second kappa shape index (κ2) is 16.6. The number of unbranched alkanes of at least 4 members (excludes halogenated alkanes) is 3. The van der Waals surface area contributed by atoms with Crippen molar-refractivity contribution in [3.8, 4) is 0 Å². The van der Waals surface area contributed by atoms with Crippen LogP contribution in [-0.4, -0.2) is 84.8 Å². The standard InChI is InChI=1S/C34H50FN5O6/c1-8-39(9-2)17-18-40(33(44)45-19-13-11-10-12-16-36-32(43)46-34(5,6)7)31(42)29-22(3)28(37-23(29)4)21-26-25-20-24(35)14-15-27(25)38-30(26)41/h14-15,20-22,28,37H,8-13,16-19H2,1-7H3,(H,36,43)(H,38,41)/b26-21-. The van der Waals surface area contributed by atoms with Crippen LogP contribution < -0.4 is 16.0 Å². The summed E-state index contributed by atoms with van der Waals surface area (Å²) in [5.41, 5.74) is 1.84. The molecular weight excluding hydrogens is 593 g/mol. The van der Waals surface area contributed by atoms with Crippen molar-refractivity contribution in [1.29, 1.82) is 0 Å². The number of carbonyl (C=O) groups is 4. The maximum absolute atomic E-state index is 14.0. The lowest BCUT2D eigenvalue weighted by Crippen LogP contribution is -2.44. The minimum absolute atomic E-state index is 0.166. The van der Waals surface area contributed by atoms with Crippen LogP contribution >= 0.6 is 0 Å². The molecule has 2 unspecified atom stereocenters. The van der Waals surface area contributed by atoms with Crippen LogP contribution in [-0.2, 0) is 19.1 Å². The van der Waals surface area contributed by atoms with Crippen LogP contribution in [0.25, 0.3) is 5.57 Å². The Hall–Kier alpha value is -3.93. The Morgan fingerprint density at radius 3 is 2.43 bits per heavy atom. The van der Waals surface area contributed by atoms with Crippen LogP contribution in [0.4, 0.5) is 19.7 Å². The van der Waals surface area contributed by atoms with Gasteiger partial charge in [0.25, 0.3) is 11.8 Å². The molecule has 0 bridgehead atoms. The average Bonchev–Trinajstić information content (AvgIpc) is 3.44. The van der Waals surface area contributed by atoms with Crippen molar-refractivity contribution in [1.82, 2.24) is 20.4 Å². The van der Waals surface area contributed by atoms with E-state index in [1.165, 1.54) is 23.1 Å². The number of halogens is 1. The minimum Gasteiger partial charge on any atom is -0.449 e. The summed E-state index contributed by atoms with van der Waals surface area (Å²) in [5, 5.41) is 8.77. The summed E-state index contributed by atoms with van der Waals surface area (Å²) in [6.45, 7) is 16.0. The van der Waals surface area contributed by atoms with Gasteiger partial charge in [-0.05, 0) is 84.3 Å². The molecule has 3 rings (SSSR count). The second-order valence-corrected chi connectivity index (χ2v) is 12.7. The Morgan fingerprint density at radius 2 is 1.76 bits per heavy atom. The summed E-state index contributed by atoms with van der Waals surface area (Å²) in [6, 6.07) is 3.71. The van der Waals surface area contributed by atoms with Gasteiger partial charge in [0.15, 0.2) is 0 Å². The van der Waals surface area contributed by atoms with Crippen molar-refractivity contribution in [3.05, 3.63) is 46.9 Å². The van der Waals surface area contributed by atoms with Gasteiger partial charge in [-0.25, -0.2) is 18.9 Å². The van der Waals surface area contributed by atoms with Crippen LogP contribution in [0, 0.1) is 11.7 Å². The van der Waals surface area contributed by atoms with E-state index in [4.69, 9.17) is 9.47 Å². The van der Waals surface area contributed by atoms with E-state index in [2.05, 4.69) is 20.9 Å². The third kappa shape index (κ3) is 10.0. The molecule has 0 radical (unpaired) electrons. The van der Waals surface area contributed by atoms with Gasteiger partial charge in [-0.15, -0.1) is 0 Å². The number of ether oxygens (including phenoxy) is 2. The molecule has 0 saturated carbocycles. The second-order valence-electron chi connectivity index (χ2n) is 12.7. The van der Waals surface area contributed by atoms with Gasteiger partial charge in [-0.3, -0.25) is 9.59 Å². The number of nitrogens with one attached hydrogen (secondary N) is 3. The fraction of sp³-hybridized carbons (Fsp3) is 0.588. The van der Waals surface area contributed by atoms with E-state index in [-0.39, 0.29) is 25.0 Å². The highest BCUT2D eigenvalue weighted by molar-refractivity contribution is 6.31. The SMILES string of the molecule is CCN(CC)CCN(C(=O)OCCCCCCNC(=O)OC(C)(C)C)C(=O)C1=C(C)NC(/C=C2\C(=O)Nc3ccc(F)cc32)C1C. The number of nitrogens with zero attached hydrogens (tertiary/aromatic N) is 2. The molecule has 2 atom stereocenters. The smallest absolute Gasteiger partial charge is 0.416 e. The first-order valence-corrected chi connectivity index (χ1v) is 16.2. The molecule has 0 aromatic heterocycles. The molecule has 254 valence electrons. The number of fused-ring (bicyclic) bond motifs is 1. The maximum atomic E-state index is 14.0. The normalized spacial score (nSPS) is 18.4. The number of rotatable bonds is 14. The molecule has 11 nitrogen and oxygen atoms in total. The van der Waals surface area contributed by atoms with Crippen LogP contribution in [0.5, 0.6) is 0 Å². The number of benzene rings is 1. The zero-order valence-electron chi connectivity index (χ0n) is 28.3. The fourth-order valence-electron chi connectivity index (χ4n) is 5.55. The van der Waals surface area contributed by atoms with Crippen LogP contribution in [0.2, 0.25) is 0 Å². The summed E-state index contributed by atoms with van der Waals surface area (Å²) < 4.78 is 24.8. The van der Waals surface area contributed by atoms with Crippen molar-refractivity contribution in [2.75, 3.05) is 44.6 Å². The lowest BCUT2D eigenvalue weighted by Gasteiger charge is -2.26. The van der Waals surface area contributed by atoms with Crippen molar-refractivity contribution < 1.29 is 33.0 Å². The van der Waals surface area contributed by atoms with Crippen LogP contribution in [0.15, 0.2) is 35.5 Å². The third-order valence-corrected chi connectivity index (χ3v) is 8.09. The Bertz CT molecular complexity index is 1330. The molecule has 2 heterocycles. The molecule has 3 N–H and O–H groups in total. The summed E-state index contributed by atoms with van der Waals surface area (Å²) >= 11 is 0. The van der Waals surface area contributed by atoms with Gasteiger partial charge in [-0.1, -0.05) is 27.2 Å². The first kappa shape index (κ1) is 36.5. The molecule has 4 amide bonds. The van der Waals surface area contributed by atoms with E-state index in [9.17, 15) is 23.6 Å². The van der Waals surface area contributed by atoms with Crippen LogP contribution in [0.1, 0.15) is 79.7 Å². The summed E-state index contributed by atoms with van der Waals surface area (Å²) in [6.07, 6.45) is 3.59. The fourth-order valence-corrected chi connectivity index (χ4v) is 5.55. The summed E-state index contributed by atoms with van der Waals surface area (Å²) in [4.78, 5) is 55.0. The van der Waals surface area contributed by atoms with Gasteiger partial charge in [-0.2, -0.15) is 0 Å². The van der Waals surface area contributed by atoms with E-state index in [1.807, 2.05) is 41.5 Å². The number of alkyl carbamates (subject to hydrolysis) is 1. The largest absolute Gasteiger partial charge is 0.449 e. The van der Waals surface area contributed by atoms with Gasteiger partial charge in [0.2, 0.25) is 0 Å². The highest BCUT2D eigenvalue weighted by Gasteiger charge is 2.38. The zero-order valence-corrected chi connectivity index (χ0v) is 28.3. The number of carbonyl (C=O) groups excluding carboxylic acids is 4. The van der Waals surface area contributed by atoms with Gasteiger partial charge in [0.1, 0.15) is 11.4 Å². The molecule has 0 saturated heterocycles. The van der Waals surface area contributed by atoms with Crippen LogP contribution in [0.3, 0.4) is 0 Å². The van der Waals surface area contributed by atoms with E-state index in [1.54, 1.807) is 13.0 Å². The van der Waals surface area contributed by atoms with Gasteiger partial charge < -0.3 is 30.3 Å². The summed E-state index contributed by atoms with van der Waals surface area (Å²) in [7, 11) is 0. The first-order valence-electron chi connectivity index (χ1n) is 16.2. The number of hydrogen-bond acceptors (Lipinski definition) is 8.